The molecule has 1 fully saturated rings. The minimum Gasteiger partial charge on any atom is -0.481 e. The number of piperidine rings is 1. The lowest BCUT2D eigenvalue weighted by Gasteiger charge is -2.28. The number of carboxylic acid groups (broad SMARTS) is 1. The van der Waals surface area contributed by atoms with Gasteiger partial charge in [0.25, 0.3) is 0 Å². The molecule has 2 rings (SSSR count). The summed E-state index contributed by atoms with van der Waals surface area (Å²) in [4.78, 5) is 12.8. The van der Waals surface area contributed by atoms with Gasteiger partial charge in [-0.1, -0.05) is 11.8 Å². The van der Waals surface area contributed by atoms with E-state index in [0.29, 0.717) is 25.6 Å². The zero-order valence-electron chi connectivity index (χ0n) is 11.2. The molecule has 1 aliphatic heterocycles. The van der Waals surface area contributed by atoms with Gasteiger partial charge in [0.2, 0.25) is 0 Å². The summed E-state index contributed by atoms with van der Waals surface area (Å²) in [6.07, 6.45) is 1.38. The number of hydrogen-bond donors (Lipinski definition) is 1. The highest BCUT2D eigenvalue weighted by Gasteiger charge is 2.24. The Morgan fingerprint density at radius 2 is 2.14 bits per heavy atom. The summed E-state index contributed by atoms with van der Waals surface area (Å²) in [6, 6.07) is 1.30. The van der Waals surface area contributed by atoms with Gasteiger partial charge in [-0.25, -0.2) is 13.2 Å². The predicted octanol–water partition coefficient (Wildman–Crippen LogP) is 2.25. The first-order chi connectivity index (χ1) is 9.97. The average molecular weight is 297 g/mol. The second-order valence-electron chi connectivity index (χ2n) is 4.96. The molecule has 0 radical (unpaired) electrons. The van der Waals surface area contributed by atoms with Crippen LogP contribution in [-0.4, -0.2) is 35.6 Å². The first-order valence-corrected chi connectivity index (χ1v) is 6.56. The van der Waals surface area contributed by atoms with Crippen molar-refractivity contribution in [3.8, 4) is 11.8 Å². The number of halogens is 3. The van der Waals surface area contributed by atoms with Crippen LogP contribution < -0.4 is 0 Å². The van der Waals surface area contributed by atoms with Gasteiger partial charge < -0.3 is 5.11 Å². The minimum absolute atomic E-state index is 0.237. The van der Waals surface area contributed by atoms with E-state index in [2.05, 4.69) is 11.8 Å². The molecule has 3 nitrogen and oxygen atoms in total. The van der Waals surface area contributed by atoms with Gasteiger partial charge in [0.05, 0.1) is 18.0 Å². The number of likely N-dealkylation sites (tertiary alicyclic amines) is 1. The largest absolute Gasteiger partial charge is 0.481 e. The fourth-order valence-corrected chi connectivity index (χ4v) is 2.29. The molecular weight excluding hydrogens is 283 g/mol. The lowest BCUT2D eigenvalue weighted by molar-refractivity contribution is -0.143. The molecule has 1 saturated heterocycles. The van der Waals surface area contributed by atoms with E-state index in [4.69, 9.17) is 5.11 Å². The van der Waals surface area contributed by atoms with Gasteiger partial charge in [0.1, 0.15) is 5.82 Å². The van der Waals surface area contributed by atoms with Crippen LogP contribution in [0.4, 0.5) is 13.2 Å². The highest BCUT2D eigenvalue weighted by molar-refractivity contribution is 5.70. The van der Waals surface area contributed by atoms with Gasteiger partial charge >= 0.3 is 5.97 Å². The summed E-state index contributed by atoms with van der Waals surface area (Å²) < 4.78 is 39.4. The van der Waals surface area contributed by atoms with E-state index < -0.39 is 29.3 Å². The minimum atomic E-state index is -1.27. The molecule has 1 aliphatic rings. The molecule has 1 aromatic rings. The molecule has 0 amide bonds. The van der Waals surface area contributed by atoms with Crippen LogP contribution in [0.2, 0.25) is 0 Å². The quantitative estimate of drug-likeness (QED) is 0.672. The highest BCUT2D eigenvalue weighted by atomic mass is 19.2. The lowest BCUT2D eigenvalue weighted by Crippen LogP contribution is -2.38. The molecular formula is C15H14F3NO2. The van der Waals surface area contributed by atoms with Crippen LogP contribution in [-0.2, 0) is 4.79 Å². The number of aliphatic carboxylic acids is 1. The van der Waals surface area contributed by atoms with Crippen LogP contribution in [0.5, 0.6) is 0 Å². The van der Waals surface area contributed by atoms with E-state index in [1.807, 2.05) is 4.90 Å². The van der Waals surface area contributed by atoms with Gasteiger partial charge in [-0.2, -0.15) is 0 Å². The molecule has 0 spiro atoms. The van der Waals surface area contributed by atoms with Crippen LogP contribution in [0, 0.1) is 35.2 Å². The summed E-state index contributed by atoms with van der Waals surface area (Å²) in [5, 5.41) is 8.96. The molecule has 21 heavy (non-hydrogen) atoms. The molecule has 1 heterocycles. The molecule has 0 saturated carbocycles. The topological polar surface area (TPSA) is 40.5 Å². The first kappa shape index (κ1) is 15.4. The number of hydrogen-bond acceptors (Lipinski definition) is 2. The maximum Gasteiger partial charge on any atom is 0.307 e. The van der Waals surface area contributed by atoms with Gasteiger partial charge in [0, 0.05) is 12.6 Å². The Hall–Kier alpha value is -2.00. The van der Waals surface area contributed by atoms with Crippen LogP contribution in [0.25, 0.3) is 0 Å². The summed E-state index contributed by atoms with van der Waals surface area (Å²) in [7, 11) is 0. The molecule has 1 unspecified atom stereocenters. The number of carbonyl (C=O) groups is 1. The van der Waals surface area contributed by atoms with Gasteiger partial charge in [0.15, 0.2) is 11.6 Å². The van der Waals surface area contributed by atoms with Crippen molar-refractivity contribution in [1.82, 2.24) is 4.90 Å². The number of carboxylic acids is 1. The van der Waals surface area contributed by atoms with Crippen molar-refractivity contribution in [3.63, 3.8) is 0 Å². The SMILES string of the molecule is O=C(O)C1CCCN(CC#Cc2cc(F)cc(F)c2F)C1. The normalized spacial score (nSPS) is 18.9. The summed E-state index contributed by atoms with van der Waals surface area (Å²) in [6.45, 7) is 1.32. The standard InChI is InChI=1S/C15H14F3NO2/c16-12-7-10(14(18)13(17)8-12)3-1-5-19-6-2-4-11(9-19)15(20)21/h7-8,11H,2,4-6,9H2,(H,20,21). The fourth-order valence-electron chi connectivity index (χ4n) is 2.29. The second kappa shape index (κ2) is 6.64. The Morgan fingerprint density at radius 3 is 2.86 bits per heavy atom. The third-order valence-electron chi connectivity index (χ3n) is 3.37. The summed E-state index contributed by atoms with van der Waals surface area (Å²) >= 11 is 0. The lowest BCUT2D eigenvalue weighted by atomic mass is 9.98. The van der Waals surface area contributed by atoms with Crippen molar-refractivity contribution < 1.29 is 23.1 Å². The van der Waals surface area contributed by atoms with Crippen LogP contribution in [0.1, 0.15) is 18.4 Å². The maximum atomic E-state index is 13.4. The van der Waals surface area contributed by atoms with Gasteiger partial charge in [-0.15, -0.1) is 0 Å². The Bertz CT molecular complexity index is 607. The Labute approximate surface area is 120 Å². The fraction of sp³-hybridized carbons (Fsp3) is 0.400. The molecule has 0 bridgehead atoms. The van der Waals surface area contributed by atoms with Crippen molar-refractivity contribution in [1.29, 1.82) is 0 Å². The molecule has 0 aliphatic carbocycles. The second-order valence-corrected chi connectivity index (χ2v) is 4.96. The van der Waals surface area contributed by atoms with E-state index in [0.717, 1.165) is 12.5 Å². The first-order valence-electron chi connectivity index (χ1n) is 6.56. The molecule has 1 aromatic carbocycles. The third kappa shape index (κ3) is 3.99. The summed E-state index contributed by atoms with van der Waals surface area (Å²) in [5.74, 6) is 0.422. The molecule has 0 aromatic heterocycles. The molecule has 112 valence electrons. The van der Waals surface area contributed by atoms with E-state index in [1.165, 1.54) is 0 Å². The van der Waals surface area contributed by atoms with Crippen molar-refractivity contribution in [2.45, 2.75) is 12.8 Å². The van der Waals surface area contributed by atoms with E-state index >= 15 is 0 Å². The van der Waals surface area contributed by atoms with Gasteiger partial charge in [-0.05, 0) is 25.5 Å². The van der Waals surface area contributed by atoms with Crippen LogP contribution in [0.3, 0.4) is 0 Å². The van der Waals surface area contributed by atoms with Crippen molar-refractivity contribution in [2.75, 3.05) is 19.6 Å². The average Bonchev–Trinajstić information content (AvgIpc) is 2.44. The molecule has 1 N–H and O–H groups in total. The number of benzene rings is 1. The number of nitrogens with zero attached hydrogens (tertiary/aromatic N) is 1. The zero-order chi connectivity index (χ0) is 15.4. The van der Waals surface area contributed by atoms with E-state index in [1.54, 1.807) is 0 Å². The maximum absolute atomic E-state index is 13.4. The predicted molar refractivity (Wildman–Crippen MR) is 70.0 cm³/mol. The van der Waals surface area contributed by atoms with Crippen molar-refractivity contribution in [3.05, 3.63) is 35.1 Å². The van der Waals surface area contributed by atoms with Crippen LogP contribution in [0.15, 0.2) is 12.1 Å². The van der Waals surface area contributed by atoms with Crippen molar-refractivity contribution in [2.24, 2.45) is 5.92 Å². The van der Waals surface area contributed by atoms with E-state index in [9.17, 15) is 18.0 Å². The Morgan fingerprint density at radius 1 is 1.38 bits per heavy atom. The Kier molecular flexibility index (Phi) is 4.86. The highest BCUT2D eigenvalue weighted by Crippen LogP contribution is 2.16. The zero-order valence-corrected chi connectivity index (χ0v) is 11.2. The Balaban J connectivity index is 2.02. The monoisotopic (exact) mass is 297 g/mol. The van der Waals surface area contributed by atoms with E-state index in [-0.39, 0.29) is 12.1 Å². The smallest absolute Gasteiger partial charge is 0.307 e. The number of rotatable bonds is 2. The van der Waals surface area contributed by atoms with Gasteiger partial charge in [-0.3, -0.25) is 9.69 Å². The van der Waals surface area contributed by atoms with Crippen molar-refractivity contribution >= 4 is 5.97 Å². The summed E-state index contributed by atoms with van der Waals surface area (Å²) in [5.41, 5.74) is -0.334. The third-order valence-corrected chi connectivity index (χ3v) is 3.37. The molecule has 1 atom stereocenters. The van der Waals surface area contributed by atoms with Crippen LogP contribution >= 0.6 is 0 Å². The molecule has 6 heteroatoms.